The van der Waals surface area contributed by atoms with E-state index in [1.165, 1.54) is 0 Å². The molecule has 7 heteroatoms. The molecule has 0 radical (unpaired) electrons. The molecule has 0 aliphatic rings. The normalized spacial score (nSPS) is 12.1. The van der Waals surface area contributed by atoms with E-state index in [9.17, 15) is 4.79 Å². The van der Waals surface area contributed by atoms with Crippen LogP contribution in [0.2, 0.25) is 0 Å². The van der Waals surface area contributed by atoms with E-state index < -0.39 is 0 Å². The maximum Gasteiger partial charge on any atom is 0.227 e. The fourth-order valence-electron chi connectivity index (χ4n) is 2.40. The smallest absolute Gasteiger partial charge is 0.227 e. The molecular formula is C17H20ClN3O2S. The molecule has 0 spiro atoms. The molecule has 24 heavy (non-hydrogen) atoms. The van der Waals surface area contributed by atoms with E-state index in [-0.39, 0.29) is 18.2 Å². The highest BCUT2D eigenvalue weighted by atomic mass is 35.5. The summed E-state index contributed by atoms with van der Waals surface area (Å²) < 4.78 is 6.36. The Hall–Kier alpha value is -1.76. The lowest BCUT2D eigenvalue weighted by atomic mass is 10.1. The lowest BCUT2D eigenvalue weighted by Gasteiger charge is -2.04. The topological polar surface area (TPSA) is 68.0 Å². The van der Waals surface area contributed by atoms with Crippen molar-refractivity contribution >= 4 is 39.6 Å². The quantitative estimate of drug-likeness (QED) is 0.647. The average Bonchev–Trinajstić information content (AvgIpc) is 3.19. The van der Waals surface area contributed by atoms with Crippen molar-refractivity contribution in [3.05, 3.63) is 46.9 Å². The Kier molecular flexibility index (Phi) is 6.48. The Balaban J connectivity index is 0.00000208. The van der Waals surface area contributed by atoms with Gasteiger partial charge < -0.3 is 9.84 Å². The van der Waals surface area contributed by atoms with E-state index in [1.54, 1.807) is 11.3 Å². The molecule has 0 fully saturated rings. The Morgan fingerprint density at radius 2 is 2.17 bits per heavy atom. The number of benzene rings is 1. The molecule has 128 valence electrons. The number of carbonyl (C=O) groups excluding carboxylic acids is 1. The van der Waals surface area contributed by atoms with Crippen molar-refractivity contribution in [1.82, 2.24) is 15.5 Å². The second-order valence-corrected chi connectivity index (χ2v) is 6.48. The zero-order chi connectivity index (χ0) is 16.2. The monoisotopic (exact) mass is 365 g/mol. The van der Waals surface area contributed by atoms with Crippen molar-refractivity contribution in [2.24, 2.45) is 0 Å². The largest absolute Gasteiger partial charge is 0.339 e. The number of Topliss-reactive ketones (excluding diaryl/α,β-unsaturated/α-hetero) is 1. The van der Waals surface area contributed by atoms with E-state index in [0.29, 0.717) is 37.0 Å². The van der Waals surface area contributed by atoms with Gasteiger partial charge in [0.1, 0.15) is 0 Å². The summed E-state index contributed by atoms with van der Waals surface area (Å²) in [7, 11) is 1.90. The van der Waals surface area contributed by atoms with Crippen LogP contribution in [0.15, 0.2) is 34.2 Å². The van der Waals surface area contributed by atoms with Gasteiger partial charge in [0.2, 0.25) is 5.89 Å². The molecule has 1 N–H and O–H groups in total. The van der Waals surface area contributed by atoms with Crippen LogP contribution in [0.5, 0.6) is 0 Å². The number of likely N-dealkylation sites (N-methyl/N-ethyl adjacent to an activating group) is 1. The number of aryl methyl sites for hydroxylation is 1. The SMILES string of the molecule is CNC(C)Cc1noc(CCC(=O)c2csc3ccccc23)n1.Cl. The number of halogens is 1. The molecule has 2 aromatic heterocycles. The third-order valence-electron chi connectivity index (χ3n) is 3.84. The minimum Gasteiger partial charge on any atom is -0.339 e. The third-order valence-corrected chi connectivity index (χ3v) is 4.80. The number of thiophene rings is 1. The van der Waals surface area contributed by atoms with Gasteiger partial charge in [-0.25, -0.2) is 0 Å². The van der Waals surface area contributed by atoms with Gasteiger partial charge in [-0.15, -0.1) is 23.7 Å². The molecule has 1 aromatic carbocycles. The van der Waals surface area contributed by atoms with Crippen LogP contribution >= 0.6 is 23.7 Å². The number of rotatable bonds is 7. The van der Waals surface area contributed by atoms with Crippen LogP contribution in [0.1, 0.15) is 35.4 Å². The molecule has 0 aliphatic carbocycles. The highest BCUT2D eigenvalue weighted by molar-refractivity contribution is 7.17. The highest BCUT2D eigenvalue weighted by Gasteiger charge is 2.15. The van der Waals surface area contributed by atoms with Gasteiger partial charge in [-0.05, 0) is 20.0 Å². The molecule has 1 unspecified atom stereocenters. The molecule has 0 saturated heterocycles. The summed E-state index contributed by atoms with van der Waals surface area (Å²) in [5.41, 5.74) is 0.786. The van der Waals surface area contributed by atoms with Gasteiger partial charge >= 0.3 is 0 Å². The standard InChI is InChI=1S/C17H19N3O2S.ClH/c1-11(18-2)9-16-19-17(22-20-16)8-7-14(21)13-10-23-15-6-4-3-5-12(13)15;/h3-6,10-11,18H,7-9H2,1-2H3;1H. The zero-order valence-electron chi connectivity index (χ0n) is 13.6. The maximum absolute atomic E-state index is 12.4. The molecular weight excluding hydrogens is 346 g/mol. The van der Waals surface area contributed by atoms with Crippen molar-refractivity contribution in [1.29, 1.82) is 0 Å². The van der Waals surface area contributed by atoms with Gasteiger partial charge in [0.25, 0.3) is 0 Å². The van der Waals surface area contributed by atoms with Crippen LogP contribution < -0.4 is 5.32 Å². The number of fused-ring (bicyclic) bond motifs is 1. The van der Waals surface area contributed by atoms with Crippen molar-refractivity contribution in [3.8, 4) is 0 Å². The molecule has 1 atom stereocenters. The van der Waals surface area contributed by atoms with Gasteiger partial charge in [-0.1, -0.05) is 23.4 Å². The fourth-order valence-corrected chi connectivity index (χ4v) is 3.36. The van der Waals surface area contributed by atoms with Gasteiger partial charge in [0, 0.05) is 46.3 Å². The number of hydrogen-bond donors (Lipinski definition) is 1. The summed E-state index contributed by atoms with van der Waals surface area (Å²) in [6.45, 7) is 2.06. The number of nitrogens with one attached hydrogen (secondary N) is 1. The molecule has 2 heterocycles. The van der Waals surface area contributed by atoms with E-state index in [1.807, 2.05) is 36.7 Å². The molecule has 0 aliphatic heterocycles. The summed E-state index contributed by atoms with van der Waals surface area (Å²) in [5.74, 6) is 1.32. The van der Waals surface area contributed by atoms with Crippen molar-refractivity contribution in [3.63, 3.8) is 0 Å². The van der Waals surface area contributed by atoms with Gasteiger partial charge in [0.05, 0.1) is 0 Å². The minimum atomic E-state index is 0. The number of aromatic nitrogens is 2. The summed E-state index contributed by atoms with van der Waals surface area (Å²) in [6, 6.07) is 8.25. The number of ketones is 1. The van der Waals surface area contributed by atoms with Gasteiger partial charge in [-0.2, -0.15) is 4.98 Å². The van der Waals surface area contributed by atoms with E-state index in [2.05, 4.69) is 22.4 Å². The molecule has 0 amide bonds. The van der Waals surface area contributed by atoms with Crippen molar-refractivity contribution in [2.75, 3.05) is 7.05 Å². The Morgan fingerprint density at radius 3 is 2.96 bits per heavy atom. The Labute approximate surface area is 150 Å². The lowest BCUT2D eigenvalue weighted by molar-refractivity contribution is 0.0981. The summed E-state index contributed by atoms with van der Waals surface area (Å²) >= 11 is 1.60. The Morgan fingerprint density at radius 1 is 1.38 bits per heavy atom. The van der Waals surface area contributed by atoms with Gasteiger partial charge in [0.15, 0.2) is 11.6 Å². The summed E-state index contributed by atoms with van der Waals surface area (Å²) in [4.78, 5) is 16.8. The molecule has 0 bridgehead atoms. The molecule has 3 rings (SSSR count). The van der Waals surface area contributed by atoms with Crippen molar-refractivity contribution < 1.29 is 9.32 Å². The van der Waals surface area contributed by atoms with Crippen LogP contribution in [-0.2, 0) is 12.8 Å². The van der Waals surface area contributed by atoms with Gasteiger partial charge in [-0.3, -0.25) is 4.79 Å². The number of nitrogens with zero attached hydrogens (tertiary/aromatic N) is 2. The summed E-state index contributed by atoms with van der Waals surface area (Å²) in [6.07, 6.45) is 1.57. The van der Waals surface area contributed by atoms with E-state index in [4.69, 9.17) is 4.52 Å². The average molecular weight is 366 g/mol. The van der Waals surface area contributed by atoms with Crippen LogP contribution in [0.4, 0.5) is 0 Å². The predicted octanol–water partition coefficient (Wildman–Crippen LogP) is 3.67. The predicted molar refractivity (Wildman–Crippen MR) is 98.2 cm³/mol. The van der Waals surface area contributed by atoms with Crippen LogP contribution in [-0.4, -0.2) is 29.0 Å². The molecule has 0 saturated carbocycles. The third kappa shape index (κ3) is 4.20. The van der Waals surface area contributed by atoms with E-state index in [0.717, 1.165) is 15.6 Å². The summed E-state index contributed by atoms with van der Waals surface area (Å²) in [5, 5.41) is 10.0. The first-order valence-corrected chi connectivity index (χ1v) is 8.53. The number of carbonyl (C=O) groups is 1. The lowest BCUT2D eigenvalue weighted by Crippen LogP contribution is -2.24. The van der Waals surface area contributed by atoms with Crippen LogP contribution in [0, 0.1) is 0 Å². The fraction of sp³-hybridized carbons (Fsp3) is 0.353. The van der Waals surface area contributed by atoms with Crippen LogP contribution in [0.3, 0.4) is 0 Å². The van der Waals surface area contributed by atoms with E-state index >= 15 is 0 Å². The molecule has 3 aromatic rings. The first-order valence-electron chi connectivity index (χ1n) is 7.65. The zero-order valence-corrected chi connectivity index (χ0v) is 15.2. The maximum atomic E-state index is 12.4. The van der Waals surface area contributed by atoms with Crippen molar-refractivity contribution in [2.45, 2.75) is 32.2 Å². The number of hydrogen-bond acceptors (Lipinski definition) is 6. The van der Waals surface area contributed by atoms with Crippen LogP contribution in [0.25, 0.3) is 10.1 Å². The first-order chi connectivity index (χ1) is 11.2. The Bertz CT molecular complexity index is 815. The minimum absolute atomic E-state index is 0. The second kappa shape index (κ2) is 8.37. The molecule has 5 nitrogen and oxygen atoms in total. The first kappa shape index (κ1) is 18.6. The highest BCUT2D eigenvalue weighted by Crippen LogP contribution is 2.26. The second-order valence-electron chi connectivity index (χ2n) is 5.57.